The molecule has 2 aliphatic heterocycles. The van der Waals surface area contributed by atoms with Crippen LogP contribution in [0, 0.1) is 0 Å². The highest BCUT2D eigenvalue weighted by atomic mass is 35.5. The van der Waals surface area contributed by atoms with E-state index in [4.69, 9.17) is 16.3 Å². The fourth-order valence-electron chi connectivity index (χ4n) is 3.50. The average molecular weight is 310 g/mol. The topological polar surface area (TPSA) is 37.4 Å². The number of rotatable bonds is 4. The standard InChI is InChI=1S/C16H24ClN3O/c17-14-12-18-7-4-15(14)19-13-16(5-10-21-11-6-16)20-8-2-1-3-9-20/h4,7,12H,1-3,5-6,8-11,13H2,(H,18,19). The van der Waals surface area contributed by atoms with Gasteiger partial charge in [-0.2, -0.15) is 0 Å². The highest BCUT2D eigenvalue weighted by Crippen LogP contribution is 2.32. The molecule has 4 nitrogen and oxygen atoms in total. The number of likely N-dealkylation sites (tertiary alicyclic amines) is 1. The van der Waals surface area contributed by atoms with Gasteiger partial charge in [-0.1, -0.05) is 18.0 Å². The van der Waals surface area contributed by atoms with Gasteiger partial charge in [0, 0.05) is 37.7 Å². The van der Waals surface area contributed by atoms with Crippen molar-refractivity contribution in [3.63, 3.8) is 0 Å². The van der Waals surface area contributed by atoms with E-state index in [2.05, 4.69) is 15.2 Å². The molecular formula is C16H24ClN3O. The molecule has 0 radical (unpaired) electrons. The van der Waals surface area contributed by atoms with E-state index in [1.807, 2.05) is 6.07 Å². The first-order valence-corrected chi connectivity index (χ1v) is 8.34. The molecule has 0 unspecified atom stereocenters. The number of halogens is 1. The van der Waals surface area contributed by atoms with Crippen molar-refractivity contribution in [3.8, 4) is 0 Å². The summed E-state index contributed by atoms with van der Waals surface area (Å²) < 4.78 is 5.60. The fourth-order valence-corrected chi connectivity index (χ4v) is 3.69. The second kappa shape index (κ2) is 6.95. The van der Waals surface area contributed by atoms with Crippen LogP contribution in [0.25, 0.3) is 0 Å². The van der Waals surface area contributed by atoms with Crippen LogP contribution in [0.2, 0.25) is 5.02 Å². The molecule has 2 saturated heterocycles. The van der Waals surface area contributed by atoms with Crippen LogP contribution >= 0.6 is 11.6 Å². The number of nitrogens with zero attached hydrogens (tertiary/aromatic N) is 2. The van der Waals surface area contributed by atoms with Crippen molar-refractivity contribution in [2.24, 2.45) is 0 Å². The lowest BCUT2D eigenvalue weighted by Gasteiger charge is -2.48. The minimum atomic E-state index is 0.214. The van der Waals surface area contributed by atoms with Gasteiger partial charge < -0.3 is 10.1 Å². The molecule has 5 heteroatoms. The predicted octanol–water partition coefficient (Wildman–Crippen LogP) is 3.18. The molecule has 0 aromatic carbocycles. The third kappa shape index (κ3) is 3.50. The van der Waals surface area contributed by atoms with Gasteiger partial charge in [-0.15, -0.1) is 0 Å². The number of pyridine rings is 1. The second-order valence-corrected chi connectivity index (χ2v) is 6.50. The summed E-state index contributed by atoms with van der Waals surface area (Å²) in [6.45, 7) is 5.09. The fraction of sp³-hybridized carbons (Fsp3) is 0.688. The molecule has 2 aliphatic rings. The molecule has 21 heavy (non-hydrogen) atoms. The summed E-state index contributed by atoms with van der Waals surface area (Å²) in [4.78, 5) is 6.73. The number of nitrogens with one attached hydrogen (secondary N) is 1. The van der Waals surface area contributed by atoms with E-state index in [1.54, 1.807) is 12.4 Å². The molecule has 0 spiro atoms. The van der Waals surface area contributed by atoms with Crippen LogP contribution in [-0.4, -0.2) is 48.3 Å². The van der Waals surface area contributed by atoms with E-state index in [0.29, 0.717) is 5.02 Å². The van der Waals surface area contributed by atoms with E-state index in [9.17, 15) is 0 Å². The summed E-state index contributed by atoms with van der Waals surface area (Å²) in [7, 11) is 0. The predicted molar refractivity (Wildman–Crippen MR) is 85.9 cm³/mol. The quantitative estimate of drug-likeness (QED) is 0.927. The van der Waals surface area contributed by atoms with Gasteiger partial charge in [0.05, 0.1) is 10.7 Å². The van der Waals surface area contributed by atoms with Crippen molar-refractivity contribution in [2.75, 3.05) is 38.2 Å². The molecule has 0 atom stereocenters. The molecule has 116 valence electrons. The lowest BCUT2D eigenvalue weighted by Crippen LogP contribution is -2.57. The zero-order chi connectivity index (χ0) is 14.5. The lowest BCUT2D eigenvalue weighted by atomic mass is 9.86. The molecule has 0 saturated carbocycles. The van der Waals surface area contributed by atoms with Crippen molar-refractivity contribution in [1.29, 1.82) is 0 Å². The zero-order valence-electron chi connectivity index (χ0n) is 12.5. The van der Waals surface area contributed by atoms with Crippen molar-refractivity contribution in [3.05, 3.63) is 23.5 Å². The molecular weight excluding hydrogens is 286 g/mol. The smallest absolute Gasteiger partial charge is 0.0820 e. The normalized spacial score (nSPS) is 22.9. The molecule has 1 aromatic heterocycles. The number of piperidine rings is 1. The Morgan fingerprint density at radius 1 is 1.24 bits per heavy atom. The maximum atomic E-state index is 6.21. The summed E-state index contributed by atoms with van der Waals surface area (Å²) in [5, 5.41) is 4.24. The molecule has 0 amide bonds. The summed E-state index contributed by atoms with van der Waals surface area (Å²) >= 11 is 6.21. The summed E-state index contributed by atoms with van der Waals surface area (Å²) in [5.41, 5.74) is 1.19. The number of ether oxygens (including phenoxy) is 1. The molecule has 3 rings (SSSR count). The maximum absolute atomic E-state index is 6.21. The molecule has 0 aliphatic carbocycles. The Labute approximate surface area is 131 Å². The third-order valence-electron chi connectivity index (χ3n) is 4.83. The van der Waals surface area contributed by atoms with Crippen molar-refractivity contribution < 1.29 is 4.74 Å². The highest BCUT2D eigenvalue weighted by molar-refractivity contribution is 6.33. The van der Waals surface area contributed by atoms with Gasteiger partial charge >= 0.3 is 0 Å². The first-order chi connectivity index (χ1) is 10.3. The Morgan fingerprint density at radius 2 is 2.00 bits per heavy atom. The van der Waals surface area contributed by atoms with Gasteiger partial charge in [-0.05, 0) is 44.8 Å². The summed E-state index contributed by atoms with van der Waals surface area (Å²) in [5.74, 6) is 0. The largest absolute Gasteiger partial charge is 0.382 e. The SMILES string of the molecule is Clc1cnccc1NCC1(N2CCCCC2)CCOCC1. The first-order valence-electron chi connectivity index (χ1n) is 7.96. The van der Waals surface area contributed by atoms with E-state index >= 15 is 0 Å². The Bertz CT molecular complexity index is 457. The van der Waals surface area contributed by atoms with Crippen molar-refractivity contribution in [1.82, 2.24) is 9.88 Å². The van der Waals surface area contributed by atoms with Crippen LogP contribution in [0.15, 0.2) is 18.5 Å². The monoisotopic (exact) mass is 309 g/mol. The highest BCUT2D eigenvalue weighted by Gasteiger charge is 2.38. The Morgan fingerprint density at radius 3 is 2.71 bits per heavy atom. The molecule has 0 bridgehead atoms. The van der Waals surface area contributed by atoms with Crippen LogP contribution < -0.4 is 5.32 Å². The van der Waals surface area contributed by atoms with Crippen LogP contribution in [0.4, 0.5) is 5.69 Å². The second-order valence-electron chi connectivity index (χ2n) is 6.09. The Hall–Kier alpha value is -0.840. The molecule has 1 N–H and O–H groups in total. The zero-order valence-corrected chi connectivity index (χ0v) is 13.2. The van der Waals surface area contributed by atoms with E-state index in [1.165, 1.54) is 32.4 Å². The summed E-state index contributed by atoms with van der Waals surface area (Å²) in [6.07, 6.45) is 9.68. The van der Waals surface area contributed by atoms with Gasteiger partial charge in [0.25, 0.3) is 0 Å². The number of anilines is 1. The average Bonchev–Trinajstić information content (AvgIpc) is 2.56. The van der Waals surface area contributed by atoms with Gasteiger partial charge in [0.1, 0.15) is 0 Å². The molecule has 2 fully saturated rings. The Kier molecular flexibility index (Phi) is 4.99. The van der Waals surface area contributed by atoms with Crippen LogP contribution in [0.5, 0.6) is 0 Å². The van der Waals surface area contributed by atoms with Gasteiger partial charge in [-0.25, -0.2) is 0 Å². The van der Waals surface area contributed by atoms with E-state index in [-0.39, 0.29) is 5.54 Å². The van der Waals surface area contributed by atoms with Crippen LogP contribution in [-0.2, 0) is 4.74 Å². The maximum Gasteiger partial charge on any atom is 0.0820 e. The third-order valence-corrected chi connectivity index (χ3v) is 5.13. The number of hydrogen-bond donors (Lipinski definition) is 1. The lowest BCUT2D eigenvalue weighted by molar-refractivity contribution is -0.0293. The minimum absolute atomic E-state index is 0.214. The molecule has 3 heterocycles. The summed E-state index contributed by atoms with van der Waals surface area (Å²) in [6, 6.07) is 1.95. The van der Waals surface area contributed by atoms with Gasteiger partial charge in [0.2, 0.25) is 0 Å². The van der Waals surface area contributed by atoms with Crippen LogP contribution in [0.3, 0.4) is 0 Å². The van der Waals surface area contributed by atoms with E-state index < -0.39 is 0 Å². The molecule has 1 aromatic rings. The van der Waals surface area contributed by atoms with Crippen LogP contribution in [0.1, 0.15) is 32.1 Å². The van der Waals surface area contributed by atoms with Crippen molar-refractivity contribution >= 4 is 17.3 Å². The number of aromatic nitrogens is 1. The van der Waals surface area contributed by atoms with Gasteiger partial charge in [0.15, 0.2) is 0 Å². The number of hydrogen-bond acceptors (Lipinski definition) is 4. The van der Waals surface area contributed by atoms with E-state index in [0.717, 1.165) is 38.3 Å². The van der Waals surface area contributed by atoms with Crippen molar-refractivity contribution in [2.45, 2.75) is 37.6 Å². The van der Waals surface area contributed by atoms with Gasteiger partial charge in [-0.3, -0.25) is 9.88 Å². The first kappa shape index (κ1) is 15.1. The Balaban J connectivity index is 1.71. The minimum Gasteiger partial charge on any atom is -0.382 e.